The minimum absolute atomic E-state index is 0.0460. The predicted octanol–water partition coefficient (Wildman–Crippen LogP) is 4.05. The van der Waals surface area contributed by atoms with Crippen molar-refractivity contribution < 1.29 is 9.90 Å². The van der Waals surface area contributed by atoms with E-state index in [1.807, 2.05) is 0 Å². The zero-order chi connectivity index (χ0) is 15.7. The van der Waals surface area contributed by atoms with Crippen molar-refractivity contribution in [3.63, 3.8) is 0 Å². The Morgan fingerprint density at radius 2 is 1.86 bits per heavy atom. The van der Waals surface area contributed by atoms with E-state index in [1.54, 1.807) is 0 Å². The molecule has 0 aromatic heterocycles. The molecule has 120 valence electrons. The third kappa shape index (κ3) is 1.73. The lowest BCUT2D eigenvalue weighted by molar-refractivity contribution is -0.132. The topological polar surface area (TPSA) is 37.3 Å². The molecular formula is C20H28O2. The summed E-state index contributed by atoms with van der Waals surface area (Å²) in [7, 11) is 0. The third-order valence-corrected chi connectivity index (χ3v) is 7.85. The van der Waals surface area contributed by atoms with E-state index < -0.39 is 0 Å². The molecule has 0 aliphatic heterocycles. The van der Waals surface area contributed by atoms with Crippen LogP contribution < -0.4 is 0 Å². The molecule has 2 nitrogen and oxygen atoms in total. The molecule has 0 heterocycles. The number of allylic oxidation sites excluding steroid dienone is 1. The molecule has 0 saturated heterocycles. The Hall–Kier alpha value is -0.890. The van der Waals surface area contributed by atoms with Crippen LogP contribution in [0.25, 0.3) is 0 Å². The van der Waals surface area contributed by atoms with Crippen molar-refractivity contribution in [3.05, 3.63) is 23.8 Å². The van der Waals surface area contributed by atoms with Crippen molar-refractivity contribution >= 4 is 5.78 Å². The average Bonchev–Trinajstić information content (AvgIpc) is 2.77. The second kappa shape index (κ2) is 4.56. The van der Waals surface area contributed by atoms with Crippen molar-refractivity contribution in [2.24, 2.45) is 28.6 Å². The van der Waals surface area contributed by atoms with Gasteiger partial charge in [-0.25, -0.2) is 0 Å². The highest BCUT2D eigenvalue weighted by atomic mass is 16.3. The van der Waals surface area contributed by atoms with Crippen molar-refractivity contribution in [3.8, 4) is 0 Å². The number of rotatable bonds is 0. The fraction of sp³-hybridized carbons (Fsp3) is 0.750. The fourth-order valence-corrected chi connectivity index (χ4v) is 6.47. The number of hydrogen-bond donors (Lipinski definition) is 1. The Balaban J connectivity index is 1.71. The molecule has 0 aromatic rings. The molecule has 0 radical (unpaired) electrons. The zero-order valence-corrected chi connectivity index (χ0v) is 13.9. The molecule has 3 saturated carbocycles. The van der Waals surface area contributed by atoms with Crippen molar-refractivity contribution in [1.82, 2.24) is 0 Å². The quantitative estimate of drug-likeness (QED) is 0.733. The Morgan fingerprint density at radius 3 is 2.64 bits per heavy atom. The van der Waals surface area contributed by atoms with Gasteiger partial charge in [0.25, 0.3) is 0 Å². The van der Waals surface area contributed by atoms with Gasteiger partial charge >= 0.3 is 0 Å². The molecule has 4 aliphatic rings. The van der Waals surface area contributed by atoms with Crippen molar-refractivity contribution in [2.75, 3.05) is 0 Å². The standard InChI is InChI=1S/C20H28O2/c1-12-10-13-4-5-14-15-6-7-18(22)19(15,2)9-8-16(14)20(13,3)11-17(12)21/h10,14-17,21H,1,4-9,11H2,2-3H3/t14-,15-,16+,17?,19-,20-/m0/s1. The minimum atomic E-state index is -0.383. The van der Waals surface area contributed by atoms with Crippen molar-refractivity contribution in [1.29, 1.82) is 0 Å². The summed E-state index contributed by atoms with van der Waals surface area (Å²) < 4.78 is 0. The molecule has 1 unspecified atom stereocenters. The Morgan fingerprint density at radius 1 is 1.14 bits per heavy atom. The van der Waals surface area contributed by atoms with Crippen LogP contribution in [0.3, 0.4) is 0 Å². The maximum atomic E-state index is 12.4. The summed E-state index contributed by atoms with van der Waals surface area (Å²) in [5.74, 6) is 2.41. The molecule has 0 aromatic carbocycles. The maximum absolute atomic E-state index is 12.4. The summed E-state index contributed by atoms with van der Waals surface area (Å²) in [5, 5.41) is 10.4. The van der Waals surface area contributed by atoms with Gasteiger partial charge in [0.1, 0.15) is 5.78 Å². The lowest BCUT2D eigenvalue weighted by atomic mass is 9.47. The van der Waals surface area contributed by atoms with Gasteiger partial charge in [-0.2, -0.15) is 0 Å². The van der Waals surface area contributed by atoms with E-state index in [0.717, 1.165) is 44.1 Å². The van der Waals surface area contributed by atoms with Gasteiger partial charge in [-0.05, 0) is 67.3 Å². The summed E-state index contributed by atoms with van der Waals surface area (Å²) in [6.07, 6.45) is 9.07. The number of ketones is 1. The monoisotopic (exact) mass is 300 g/mol. The van der Waals surface area contributed by atoms with E-state index in [1.165, 1.54) is 12.0 Å². The highest BCUT2D eigenvalue weighted by Crippen LogP contribution is 2.64. The molecule has 6 atom stereocenters. The predicted molar refractivity (Wildman–Crippen MR) is 87.2 cm³/mol. The van der Waals surface area contributed by atoms with Crippen LogP contribution in [0.5, 0.6) is 0 Å². The van der Waals surface area contributed by atoms with E-state index in [0.29, 0.717) is 23.5 Å². The molecule has 0 spiro atoms. The first-order valence-electron chi connectivity index (χ1n) is 8.97. The molecule has 3 fully saturated rings. The van der Waals surface area contributed by atoms with E-state index in [-0.39, 0.29) is 16.9 Å². The second-order valence-corrected chi connectivity index (χ2v) is 8.72. The molecular weight excluding hydrogens is 272 g/mol. The van der Waals surface area contributed by atoms with Gasteiger partial charge < -0.3 is 5.11 Å². The number of aliphatic hydroxyl groups is 1. The summed E-state index contributed by atoms with van der Waals surface area (Å²) in [4.78, 5) is 12.4. The highest BCUT2D eigenvalue weighted by Gasteiger charge is 2.59. The summed E-state index contributed by atoms with van der Waals surface area (Å²) in [5.41, 5.74) is 2.48. The number of carbonyl (C=O) groups is 1. The van der Waals surface area contributed by atoms with Crippen LogP contribution in [0.1, 0.15) is 58.8 Å². The zero-order valence-electron chi connectivity index (χ0n) is 13.9. The molecule has 4 rings (SSSR count). The maximum Gasteiger partial charge on any atom is 0.139 e. The summed E-state index contributed by atoms with van der Waals surface area (Å²) in [6, 6.07) is 0. The van der Waals surface area contributed by atoms with Gasteiger partial charge in [0.15, 0.2) is 0 Å². The Kier molecular flexibility index (Phi) is 3.05. The third-order valence-electron chi connectivity index (χ3n) is 7.85. The normalized spacial score (nSPS) is 51.0. The molecule has 4 aliphatic carbocycles. The van der Waals surface area contributed by atoms with Crippen LogP contribution in [0.4, 0.5) is 0 Å². The molecule has 0 amide bonds. The number of fused-ring (bicyclic) bond motifs is 5. The van der Waals surface area contributed by atoms with Gasteiger partial charge in [-0.1, -0.05) is 32.1 Å². The van der Waals surface area contributed by atoms with Crippen LogP contribution in [0.15, 0.2) is 23.8 Å². The van der Waals surface area contributed by atoms with Gasteiger partial charge in [0.05, 0.1) is 6.10 Å². The van der Waals surface area contributed by atoms with E-state index >= 15 is 0 Å². The summed E-state index contributed by atoms with van der Waals surface area (Å²) in [6.45, 7) is 8.62. The Bertz CT molecular complexity index is 574. The van der Waals surface area contributed by atoms with E-state index in [4.69, 9.17) is 0 Å². The van der Waals surface area contributed by atoms with Gasteiger partial charge in [-0.15, -0.1) is 0 Å². The highest BCUT2D eigenvalue weighted by molar-refractivity contribution is 5.87. The van der Waals surface area contributed by atoms with Crippen LogP contribution in [-0.2, 0) is 4.79 Å². The van der Waals surface area contributed by atoms with Crippen LogP contribution >= 0.6 is 0 Å². The number of aliphatic hydroxyl groups excluding tert-OH is 1. The first-order chi connectivity index (χ1) is 10.4. The fourth-order valence-electron chi connectivity index (χ4n) is 6.47. The molecule has 0 bridgehead atoms. The van der Waals surface area contributed by atoms with Crippen LogP contribution in [-0.4, -0.2) is 17.0 Å². The smallest absolute Gasteiger partial charge is 0.139 e. The number of hydrogen-bond acceptors (Lipinski definition) is 2. The van der Waals surface area contributed by atoms with Crippen LogP contribution in [0.2, 0.25) is 0 Å². The van der Waals surface area contributed by atoms with Crippen molar-refractivity contribution in [2.45, 2.75) is 64.9 Å². The van der Waals surface area contributed by atoms with Gasteiger partial charge in [0.2, 0.25) is 0 Å². The van der Waals surface area contributed by atoms with Gasteiger partial charge in [0, 0.05) is 11.8 Å². The lowest BCUT2D eigenvalue weighted by Gasteiger charge is -2.57. The largest absolute Gasteiger partial charge is 0.388 e. The average molecular weight is 300 g/mol. The number of Topliss-reactive ketones (excluding diaryl/α,β-unsaturated/α-hetero) is 1. The van der Waals surface area contributed by atoms with Crippen LogP contribution in [0, 0.1) is 28.6 Å². The first kappa shape index (κ1) is 14.7. The Labute approximate surface area is 133 Å². The second-order valence-electron chi connectivity index (χ2n) is 8.72. The molecule has 1 N–H and O–H groups in total. The molecule has 2 heteroatoms. The summed E-state index contributed by atoms with van der Waals surface area (Å²) >= 11 is 0. The van der Waals surface area contributed by atoms with E-state index in [2.05, 4.69) is 26.5 Å². The lowest BCUT2D eigenvalue weighted by Crippen LogP contribution is -2.51. The minimum Gasteiger partial charge on any atom is -0.388 e. The van der Waals surface area contributed by atoms with Gasteiger partial charge in [-0.3, -0.25) is 4.79 Å². The first-order valence-corrected chi connectivity index (χ1v) is 8.97. The molecule has 22 heavy (non-hydrogen) atoms. The van der Waals surface area contributed by atoms with E-state index in [9.17, 15) is 9.90 Å². The SMILES string of the molecule is C=C1C=C2CC[C@@H]3[C@@H](CC[C@]4(C)C(=O)CC[C@@H]34)[C@@]2(C)CC1O. The number of carbonyl (C=O) groups excluding carboxylic acids is 1.